The van der Waals surface area contributed by atoms with Crippen molar-refractivity contribution in [2.45, 2.75) is 11.7 Å². The molecule has 1 aliphatic rings. The molecule has 1 aliphatic heterocycles. The van der Waals surface area contributed by atoms with Gasteiger partial charge < -0.3 is 10.1 Å². The van der Waals surface area contributed by atoms with E-state index in [9.17, 15) is 4.79 Å². The van der Waals surface area contributed by atoms with Crippen LogP contribution in [0.2, 0.25) is 0 Å². The topological polar surface area (TPSA) is 63.1 Å². The normalized spacial score (nSPS) is 19.0. The van der Waals surface area contributed by atoms with Crippen LogP contribution < -0.4 is 10.1 Å². The highest BCUT2D eigenvalue weighted by Gasteiger charge is 2.30. The van der Waals surface area contributed by atoms with E-state index in [1.165, 1.54) is 11.8 Å². The van der Waals surface area contributed by atoms with Gasteiger partial charge in [-0.2, -0.15) is 5.10 Å². The molecule has 122 valence electrons. The lowest BCUT2D eigenvalue weighted by Gasteiger charge is -2.04. The molecule has 0 radical (unpaired) electrons. The number of hydrogen-bond acceptors (Lipinski definition) is 5. The van der Waals surface area contributed by atoms with Gasteiger partial charge in [0.05, 0.1) is 18.6 Å². The van der Waals surface area contributed by atoms with Crippen molar-refractivity contribution in [1.82, 2.24) is 5.32 Å². The highest BCUT2D eigenvalue weighted by atomic mass is 32.2. The van der Waals surface area contributed by atoms with Gasteiger partial charge in [0.15, 0.2) is 5.17 Å². The van der Waals surface area contributed by atoms with Gasteiger partial charge in [-0.3, -0.25) is 4.79 Å². The lowest BCUT2D eigenvalue weighted by atomic mass is 10.1. The third kappa shape index (κ3) is 4.23. The Hall–Kier alpha value is -2.60. The first-order valence-corrected chi connectivity index (χ1v) is 8.39. The van der Waals surface area contributed by atoms with E-state index >= 15 is 0 Å². The average molecular weight is 339 g/mol. The van der Waals surface area contributed by atoms with E-state index in [0.29, 0.717) is 11.6 Å². The molecule has 1 fully saturated rings. The van der Waals surface area contributed by atoms with Gasteiger partial charge in [-0.1, -0.05) is 42.1 Å². The molecule has 6 heteroatoms. The van der Waals surface area contributed by atoms with Gasteiger partial charge in [0.2, 0.25) is 5.91 Å². The number of methoxy groups -OCH3 is 1. The molecule has 0 aromatic heterocycles. The van der Waals surface area contributed by atoms with Crippen LogP contribution in [-0.2, 0) is 11.2 Å². The number of hydrogen-bond donors (Lipinski definition) is 1. The Morgan fingerprint density at radius 1 is 1.17 bits per heavy atom. The van der Waals surface area contributed by atoms with Gasteiger partial charge in [-0.25, -0.2) is 0 Å². The summed E-state index contributed by atoms with van der Waals surface area (Å²) < 4.78 is 5.10. The zero-order valence-electron chi connectivity index (χ0n) is 13.2. The Bertz CT molecular complexity index is 758. The molecule has 0 bridgehead atoms. The Morgan fingerprint density at radius 2 is 1.92 bits per heavy atom. The largest absolute Gasteiger partial charge is 0.497 e. The predicted molar refractivity (Wildman–Crippen MR) is 97.7 cm³/mol. The molecule has 1 amide bonds. The Kier molecular flexibility index (Phi) is 5.28. The molecule has 0 spiro atoms. The Balaban J connectivity index is 1.60. The SMILES string of the molecule is COc1ccc(/C=N\N=C2/NC(=O)[C@@H](Cc3ccccc3)S2)cc1. The van der Waals surface area contributed by atoms with Crippen LogP contribution in [0, 0.1) is 0 Å². The number of benzene rings is 2. The van der Waals surface area contributed by atoms with Crippen molar-refractivity contribution in [3.8, 4) is 5.75 Å². The third-order valence-corrected chi connectivity index (χ3v) is 4.58. The molecule has 1 heterocycles. The summed E-state index contributed by atoms with van der Waals surface area (Å²) in [5, 5.41) is 11.3. The molecule has 3 rings (SSSR count). The zero-order valence-corrected chi connectivity index (χ0v) is 14.0. The fourth-order valence-corrected chi connectivity index (χ4v) is 3.22. The summed E-state index contributed by atoms with van der Waals surface area (Å²) in [6.07, 6.45) is 2.32. The fourth-order valence-electron chi connectivity index (χ4n) is 2.25. The van der Waals surface area contributed by atoms with E-state index in [4.69, 9.17) is 4.74 Å². The number of amidine groups is 1. The molecule has 1 N–H and O–H groups in total. The summed E-state index contributed by atoms with van der Waals surface area (Å²) in [4.78, 5) is 12.0. The molecular formula is C18H17N3O2S. The second-order valence-corrected chi connectivity index (χ2v) is 6.40. The monoisotopic (exact) mass is 339 g/mol. The first-order valence-electron chi connectivity index (χ1n) is 7.51. The number of rotatable bonds is 5. The molecule has 2 aromatic carbocycles. The minimum atomic E-state index is -0.165. The number of thioether (sulfide) groups is 1. The molecule has 24 heavy (non-hydrogen) atoms. The van der Waals surface area contributed by atoms with Crippen molar-refractivity contribution >= 4 is 29.1 Å². The van der Waals surface area contributed by atoms with Crippen LogP contribution in [0.4, 0.5) is 0 Å². The quantitative estimate of drug-likeness (QED) is 0.673. The van der Waals surface area contributed by atoms with E-state index in [1.807, 2.05) is 54.6 Å². The van der Waals surface area contributed by atoms with Gasteiger partial charge >= 0.3 is 0 Å². The van der Waals surface area contributed by atoms with E-state index < -0.39 is 0 Å². The second-order valence-electron chi connectivity index (χ2n) is 5.21. The van der Waals surface area contributed by atoms with E-state index in [0.717, 1.165) is 16.9 Å². The van der Waals surface area contributed by atoms with Crippen LogP contribution in [0.1, 0.15) is 11.1 Å². The Morgan fingerprint density at radius 3 is 2.62 bits per heavy atom. The van der Waals surface area contributed by atoms with Gasteiger partial charge in [-0.05, 0) is 41.8 Å². The minimum absolute atomic E-state index is 0.0257. The number of carbonyl (C=O) groups excluding carboxylic acids is 1. The average Bonchev–Trinajstić information content (AvgIpc) is 2.96. The summed E-state index contributed by atoms with van der Waals surface area (Å²) >= 11 is 1.41. The number of nitrogens with zero attached hydrogens (tertiary/aromatic N) is 2. The summed E-state index contributed by atoms with van der Waals surface area (Å²) in [6, 6.07) is 17.4. The predicted octanol–water partition coefficient (Wildman–Crippen LogP) is 2.86. The highest BCUT2D eigenvalue weighted by molar-refractivity contribution is 8.15. The van der Waals surface area contributed by atoms with E-state index in [1.54, 1.807) is 13.3 Å². The van der Waals surface area contributed by atoms with Gasteiger partial charge in [0, 0.05) is 0 Å². The lowest BCUT2D eigenvalue weighted by Crippen LogP contribution is -2.25. The van der Waals surface area contributed by atoms with Gasteiger partial charge in [-0.15, -0.1) is 5.10 Å². The molecular weight excluding hydrogens is 322 g/mol. The summed E-state index contributed by atoms with van der Waals surface area (Å²) in [6.45, 7) is 0. The maximum atomic E-state index is 12.0. The third-order valence-electron chi connectivity index (χ3n) is 3.51. The van der Waals surface area contributed by atoms with Crippen molar-refractivity contribution in [2.75, 3.05) is 7.11 Å². The molecule has 1 atom stereocenters. The van der Waals surface area contributed by atoms with Crippen LogP contribution >= 0.6 is 11.8 Å². The zero-order chi connectivity index (χ0) is 16.8. The maximum absolute atomic E-state index is 12.0. The number of carbonyl (C=O) groups is 1. The second kappa shape index (κ2) is 7.79. The van der Waals surface area contributed by atoms with Crippen LogP contribution in [0.3, 0.4) is 0 Å². The minimum Gasteiger partial charge on any atom is -0.497 e. The van der Waals surface area contributed by atoms with Gasteiger partial charge in [0.1, 0.15) is 5.75 Å². The Labute approximate surface area is 144 Å². The molecule has 5 nitrogen and oxygen atoms in total. The standard InChI is InChI=1S/C18H17N3O2S/c1-23-15-9-7-14(8-10-15)12-19-21-18-20-17(22)16(24-18)11-13-5-3-2-4-6-13/h2-10,12,16H,11H2,1H3,(H,20,21,22)/b19-12-/t16-/m1/s1. The van der Waals surface area contributed by atoms with E-state index in [-0.39, 0.29) is 11.2 Å². The van der Waals surface area contributed by atoms with Crippen molar-refractivity contribution < 1.29 is 9.53 Å². The molecule has 0 aliphatic carbocycles. The van der Waals surface area contributed by atoms with Crippen molar-refractivity contribution in [3.63, 3.8) is 0 Å². The molecule has 0 saturated carbocycles. The number of ether oxygens (including phenoxy) is 1. The van der Waals surface area contributed by atoms with Crippen molar-refractivity contribution in [1.29, 1.82) is 0 Å². The molecule has 2 aromatic rings. The number of nitrogens with one attached hydrogen (secondary N) is 1. The lowest BCUT2D eigenvalue weighted by molar-refractivity contribution is -0.118. The van der Waals surface area contributed by atoms with Crippen molar-refractivity contribution in [2.24, 2.45) is 10.2 Å². The summed E-state index contributed by atoms with van der Waals surface area (Å²) in [5.74, 6) is 0.767. The van der Waals surface area contributed by atoms with Crippen LogP contribution in [-0.4, -0.2) is 29.6 Å². The number of amides is 1. The van der Waals surface area contributed by atoms with Crippen LogP contribution in [0.5, 0.6) is 5.75 Å². The van der Waals surface area contributed by atoms with Crippen molar-refractivity contribution in [3.05, 3.63) is 65.7 Å². The molecule has 0 unspecified atom stereocenters. The fraction of sp³-hybridized carbons (Fsp3) is 0.167. The van der Waals surface area contributed by atoms with Gasteiger partial charge in [0.25, 0.3) is 0 Å². The first-order chi connectivity index (χ1) is 11.7. The maximum Gasteiger partial charge on any atom is 0.239 e. The molecule has 1 saturated heterocycles. The first kappa shape index (κ1) is 16.3. The van der Waals surface area contributed by atoms with Crippen LogP contribution in [0.15, 0.2) is 64.8 Å². The smallest absolute Gasteiger partial charge is 0.239 e. The van der Waals surface area contributed by atoms with Crippen LogP contribution in [0.25, 0.3) is 0 Å². The van der Waals surface area contributed by atoms with E-state index in [2.05, 4.69) is 15.5 Å². The summed E-state index contributed by atoms with van der Waals surface area (Å²) in [5.41, 5.74) is 2.04. The summed E-state index contributed by atoms with van der Waals surface area (Å²) in [7, 11) is 1.63. The highest BCUT2D eigenvalue weighted by Crippen LogP contribution is 2.23.